The van der Waals surface area contributed by atoms with Gasteiger partial charge in [-0.15, -0.1) is 0 Å². The molecule has 0 unspecified atom stereocenters. The van der Waals surface area contributed by atoms with Crippen molar-refractivity contribution in [2.24, 2.45) is 5.92 Å². The summed E-state index contributed by atoms with van der Waals surface area (Å²) in [6.07, 6.45) is 5.18. The molecular formula is C12H18N6O. The van der Waals surface area contributed by atoms with E-state index in [-0.39, 0.29) is 5.95 Å². The van der Waals surface area contributed by atoms with Crippen LogP contribution in [-0.4, -0.2) is 39.7 Å². The lowest BCUT2D eigenvalue weighted by atomic mass is 10.4. The molecule has 0 saturated heterocycles. The van der Waals surface area contributed by atoms with Crippen LogP contribution in [0, 0.1) is 5.92 Å². The van der Waals surface area contributed by atoms with Gasteiger partial charge in [-0.25, -0.2) is 4.98 Å². The number of anilines is 2. The number of H-pyrrole nitrogens is 1. The van der Waals surface area contributed by atoms with Gasteiger partial charge in [0.25, 0.3) is 0 Å². The third-order valence-electron chi connectivity index (χ3n) is 3.11. The molecule has 1 aliphatic rings. The van der Waals surface area contributed by atoms with Gasteiger partial charge < -0.3 is 20.8 Å². The van der Waals surface area contributed by atoms with Crippen LogP contribution >= 0.6 is 0 Å². The standard InChI is InChI=1S/C12H18N6O/c13-12-17-10(9-11(18-12)16-7-15-9)14-4-1-5-19-6-8-2-3-8/h7-8H,1-6H2,(H4,13,14,15,16,17,18). The molecule has 2 aromatic rings. The van der Waals surface area contributed by atoms with Crippen molar-refractivity contribution < 1.29 is 4.74 Å². The normalized spacial score (nSPS) is 14.9. The van der Waals surface area contributed by atoms with Crippen molar-refractivity contribution in [2.45, 2.75) is 19.3 Å². The largest absolute Gasteiger partial charge is 0.381 e. The van der Waals surface area contributed by atoms with Crippen molar-refractivity contribution in [3.63, 3.8) is 0 Å². The number of aromatic nitrogens is 4. The molecule has 19 heavy (non-hydrogen) atoms. The van der Waals surface area contributed by atoms with Crippen LogP contribution in [0.2, 0.25) is 0 Å². The first-order valence-electron chi connectivity index (χ1n) is 6.61. The van der Waals surface area contributed by atoms with Crippen molar-refractivity contribution >= 4 is 22.9 Å². The van der Waals surface area contributed by atoms with E-state index in [0.717, 1.165) is 37.6 Å². The van der Waals surface area contributed by atoms with Crippen molar-refractivity contribution in [3.8, 4) is 0 Å². The Hall–Kier alpha value is -1.89. The first kappa shape index (κ1) is 12.2. The highest BCUT2D eigenvalue weighted by Crippen LogP contribution is 2.28. The summed E-state index contributed by atoms with van der Waals surface area (Å²) < 4.78 is 5.57. The number of rotatable bonds is 7. The highest BCUT2D eigenvalue weighted by molar-refractivity contribution is 5.83. The van der Waals surface area contributed by atoms with Gasteiger partial charge in [0.05, 0.1) is 6.33 Å². The fourth-order valence-corrected chi connectivity index (χ4v) is 1.89. The number of nitrogens with one attached hydrogen (secondary N) is 2. The Kier molecular flexibility index (Phi) is 3.45. The Morgan fingerprint density at radius 2 is 2.32 bits per heavy atom. The van der Waals surface area contributed by atoms with Crippen LogP contribution in [0.1, 0.15) is 19.3 Å². The lowest BCUT2D eigenvalue weighted by Crippen LogP contribution is -2.09. The van der Waals surface area contributed by atoms with Gasteiger partial charge in [0.2, 0.25) is 5.95 Å². The molecule has 1 saturated carbocycles. The van der Waals surface area contributed by atoms with E-state index in [4.69, 9.17) is 10.5 Å². The van der Waals surface area contributed by atoms with E-state index in [1.807, 2.05) is 0 Å². The van der Waals surface area contributed by atoms with Crippen LogP contribution in [-0.2, 0) is 4.74 Å². The quantitative estimate of drug-likeness (QED) is 0.647. The van der Waals surface area contributed by atoms with E-state index < -0.39 is 0 Å². The average molecular weight is 262 g/mol. The van der Waals surface area contributed by atoms with Crippen LogP contribution in [0.5, 0.6) is 0 Å². The molecule has 0 amide bonds. The first-order chi connectivity index (χ1) is 9.33. The van der Waals surface area contributed by atoms with Crippen LogP contribution in [0.15, 0.2) is 6.33 Å². The number of nitrogens with two attached hydrogens (primary N) is 1. The molecule has 1 aliphatic carbocycles. The van der Waals surface area contributed by atoms with Gasteiger partial charge >= 0.3 is 0 Å². The fourth-order valence-electron chi connectivity index (χ4n) is 1.89. The summed E-state index contributed by atoms with van der Waals surface area (Å²) in [6, 6.07) is 0. The summed E-state index contributed by atoms with van der Waals surface area (Å²) in [5, 5.41) is 3.24. The minimum absolute atomic E-state index is 0.229. The molecule has 4 N–H and O–H groups in total. The third-order valence-corrected chi connectivity index (χ3v) is 3.11. The summed E-state index contributed by atoms with van der Waals surface area (Å²) in [4.78, 5) is 15.3. The number of nitrogens with zero attached hydrogens (tertiary/aromatic N) is 3. The maximum Gasteiger partial charge on any atom is 0.224 e. The van der Waals surface area contributed by atoms with Crippen LogP contribution < -0.4 is 11.1 Å². The number of fused-ring (bicyclic) bond motifs is 1. The minimum atomic E-state index is 0.229. The first-order valence-corrected chi connectivity index (χ1v) is 6.61. The Morgan fingerprint density at radius 1 is 1.42 bits per heavy atom. The molecule has 7 heteroatoms. The van der Waals surface area contributed by atoms with Gasteiger partial charge in [0.1, 0.15) is 5.52 Å². The van der Waals surface area contributed by atoms with Gasteiger partial charge in [0, 0.05) is 19.8 Å². The second-order valence-electron chi connectivity index (χ2n) is 4.83. The summed E-state index contributed by atoms with van der Waals surface area (Å²) >= 11 is 0. The maximum atomic E-state index is 5.64. The van der Waals surface area contributed by atoms with E-state index in [1.54, 1.807) is 6.33 Å². The highest BCUT2D eigenvalue weighted by Gasteiger charge is 2.20. The van der Waals surface area contributed by atoms with E-state index in [1.165, 1.54) is 12.8 Å². The lowest BCUT2D eigenvalue weighted by Gasteiger charge is -2.07. The van der Waals surface area contributed by atoms with Gasteiger partial charge in [0.15, 0.2) is 11.5 Å². The zero-order chi connectivity index (χ0) is 13.1. The maximum absolute atomic E-state index is 5.64. The summed E-state index contributed by atoms with van der Waals surface area (Å²) in [5.74, 6) is 1.74. The van der Waals surface area contributed by atoms with E-state index in [0.29, 0.717) is 11.5 Å². The van der Waals surface area contributed by atoms with Crippen molar-refractivity contribution in [2.75, 3.05) is 30.8 Å². The Labute approximate surface area is 111 Å². The third kappa shape index (κ3) is 3.11. The van der Waals surface area contributed by atoms with Gasteiger partial charge in [-0.3, -0.25) is 0 Å². The minimum Gasteiger partial charge on any atom is -0.381 e. The van der Waals surface area contributed by atoms with Crippen molar-refractivity contribution in [3.05, 3.63) is 6.33 Å². The van der Waals surface area contributed by atoms with Gasteiger partial charge in [-0.2, -0.15) is 9.97 Å². The molecule has 0 aliphatic heterocycles. The van der Waals surface area contributed by atoms with E-state index >= 15 is 0 Å². The zero-order valence-corrected chi connectivity index (χ0v) is 10.7. The molecule has 0 atom stereocenters. The summed E-state index contributed by atoms with van der Waals surface area (Å²) in [6.45, 7) is 2.47. The average Bonchev–Trinajstić information content (AvgIpc) is 3.09. The molecular weight excluding hydrogens is 244 g/mol. The lowest BCUT2D eigenvalue weighted by molar-refractivity contribution is 0.124. The molecule has 0 radical (unpaired) electrons. The van der Waals surface area contributed by atoms with Crippen molar-refractivity contribution in [1.82, 2.24) is 19.9 Å². The topological polar surface area (TPSA) is 102 Å². The second-order valence-corrected chi connectivity index (χ2v) is 4.83. The molecule has 0 aromatic carbocycles. The molecule has 102 valence electrons. The Bertz CT molecular complexity index is 550. The smallest absolute Gasteiger partial charge is 0.224 e. The summed E-state index contributed by atoms with van der Waals surface area (Å²) in [7, 11) is 0. The van der Waals surface area contributed by atoms with Crippen LogP contribution in [0.25, 0.3) is 11.2 Å². The van der Waals surface area contributed by atoms with Gasteiger partial charge in [-0.1, -0.05) is 0 Å². The van der Waals surface area contributed by atoms with E-state index in [2.05, 4.69) is 25.3 Å². The fraction of sp³-hybridized carbons (Fsp3) is 0.583. The molecule has 0 bridgehead atoms. The molecule has 1 fully saturated rings. The molecule has 3 rings (SSSR count). The Balaban J connectivity index is 1.48. The molecule has 7 nitrogen and oxygen atoms in total. The van der Waals surface area contributed by atoms with Crippen LogP contribution in [0.3, 0.4) is 0 Å². The van der Waals surface area contributed by atoms with Crippen LogP contribution in [0.4, 0.5) is 11.8 Å². The predicted octanol–water partition coefficient (Wildman–Crippen LogP) is 1.16. The van der Waals surface area contributed by atoms with Gasteiger partial charge in [-0.05, 0) is 25.2 Å². The number of ether oxygens (including phenoxy) is 1. The number of hydrogen-bond donors (Lipinski definition) is 3. The molecule has 2 aromatic heterocycles. The Morgan fingerprint density at radius 3 is 3.16 bits per heavy atom. The monoisotopic (exact) mass is 262 g/mol. The number of aromatic amines is 1. The predicted molar refractivity (Wildman–Crippen MR) is 72.7 cm³/mol. The second kappa shape index (κ2) is 5.40. The molecule has 0 spiro atoms. The number of hydrogen-bond acceptors (Lipinski definition) is 6. The number of imidazole rings is 1. The van der Waals surface area contributed by atoms with Crippen molar-refractivity contribution in [1.29, 1.82) is 0 Å². The molecule has 2 heterocycles. The summed E-state index contributed by atoms with van der Waals surface area (Å²) in [5.41, 5.74) is 7.00. The zero-order valence-electron chi connectivity index (χ0n) is 10.7. The number of nitrogen functional groups attached to an aromatic ring is 1. The van der Waals surface area contributed by atoms with E-state index in [9.17, 15) is 0 Å². The highest BCUT2D eigenvalue weighted by atomic mass is 16.5. The SMILES string of the molecule is Nc1nc(NCCCOCC2CC2)c2[nH]cnc2n1.